The van der Waals surface area contributed by atoms with Gasteiger partial charge in [-0.15, -0.1) is 0 Å². The third-order valence-corrected chi connectivity index (χ3v) is 4.02. The molecule has 1 atom stereocenters. The van der Waals surface area contributed by atoms with E-state index in [-0.39, 0.29) is 41.4 Å². The lowest BCUT2D eigenvalue weighted by atomic mass is 10.1. The van der Waals surface area contributed by atoms with Gasteiger partial charge in [-0.2, -0.15) is 0 Å². The van der Waals surface area contributed by atoms with Crippen LogP contribution < -0.4 is 11.1 Å². The number of nitrogens with zero attached hydrogens (tertiary/aromatic N) is 4. The topological polar surface area (TPSA) is 155 Å². The van der Waals surface area contributed by atoms with Crippen molar-refractivity contribution in [3.8, 4) is 0 Å². The number of nitro groups is 1. The number of carbonyl (C=O) groups excluding carboxylic acids is 2. The van der Waals surface area contributed by atoms with Gasteiger partial charge in [-0.25, -0.2) is 4.98 Å². The predicted molar refractivity (Wildman–Crippen MR) is 94.3 cm³/mol. The molecule has 1 aliphatic heterocycles. The Kier molecular flexibility index (Phi) is 4.83. The van der Waals surface area contributed by atoms with E-state index in [0.717, 1.165) is 0 Å². The summed E-state index contributed by atoms with van der Waals surface area (Å²) >= 11 is 0. The van der Waals surface area contributed by atoms with Crippen LogP contribution in [0.2, 0.25) is 0 Å². The van der Waals surface area contributed by atoms with Crippen LogP contribution in [0.15, 0.2) is 35.7 Å². The number of imidazole rings is 1. The smallest absolute Gasteiger partial charge is 0.293 e. The van der Waals surface area contributed by atoms with E-state index < -0.39 is 22.7 Å². The minimum atomic E-state index is -0.666. The molecule has 1 amide bonds. The largest absolute Gasteiger partial charge is 0.390 e. The maximum absolute atomic E-state index is 12.5. The van der Waals surface area contributed by atoms with Crippen LogP contribution in [0.5, 0.6) is 0 Å². The summed E-state index contributed by atoms with van der Waals surface area (Å²) in [5, 5.41) is 17.9. The molecule has 0 spiro atoms. The number of carbonyl (C=O) groups is 2. The molecule has 140 valence electrons. The normalized spacial score (nSPS) is 15.7. The third kappa shape index (κ3) is 3.76. The number of aryl methyl sites for hydroxylation is 1. The van der Waals surface area contributed by atoms with E-state index in [1.54, 1.807) is 13.2 Å². The summed E-state index contributed by atoms with van der Waals surface area (Å²) in [5.41, 5.74) is 5.35. The molecular formula is C16H16N6O5. The minimum Gasteiger partial charge on any atom is -0.390 e. The first kappa shape index (κ1) is 18.0. The first-order valence-corrected chi connectivity index (χ1v) is 7.93. The molecule has 2 aromatic rings. The number of oxime groups is 1. The van der Waals surface area contributed by atoms with Crippen LogP contribution in [0, 0.1) is 10.1 Å². The Hall–Kier alpha value is -3.76. The standard InChI is InChI=1S/C16H16N6O5/c1-21-5-4-18-16(21)14(23)9-2-3-11(13(6-9)22(25)26)19-8-10-7-12(15(17)24)20-27-10/h2-6,10,19H,7-8H2,1H3,(H2,17,24)/t10-/m0/s1. The van der Waals surface area contributed by atoms with Crippen molar-refractivity contribution in [3.63, 3.8) is 0 Å². The number of nitro benzene ring substituents is 1. The zero-order valence-electron chi connectivity index (χ0n) is 14.3. The van der Waals surface area contributed by atoms with Gasteiger partial charge in [0.15, 0.2) is 11.9 Å². The Labute approximate surface area is 153 Å². The van der Waals surface area contributed by atoms with Gasteiger partial charge in [0.05, 0.1) is 11.5 Å². The molecule has 0 saturated heterocycles. The van der Waals surface area contributed by atoms with Crippen LogP contribution in [0.4, 0.5) is 11.4 Å². The Morgan fingerprint density at radius 2 is 2.26 bits per heavy atom. The molecule has 0 aliphatic carbocycles. The van der Waals surface area contributed by atoms with Crippen molar-refractivity contribution in [1.29, 1.82) is 0 Å². The first-order valence-electron chi connectivity index (χ1n) is 7.93. The third-order valence-electron chi connectivity index (χ3n) is 4.02. The number of amides is 1. The zero-order chi connectivity index (χ0) is 19.6. The Morgan fingerprint density at radius 1 is 1.48 bits per heavy atom. The second-order valence-corrected chi connectivity index (χ2v) is 5.89. The summed E-state index contributed by atoms with van der Waals surface area (Å²) in [6.45, 7) is 0.174. The summed E-state index contributed by atoms with van der Waals surface area (Å²) in [7, 11) is 1.66. The molecule has 0 radical (unpaired) electrons. The highest BCUT2D eigenvalue weighted by atomic mass is 16.6. The van der Waals surface area contributed by atoms with Crippen LogP contribution in [0.25, 0.3) is 0 Å². The molecule has 2 heterocycles. The van der Waals surface area contributed by atoms with Crippen molar-refractivity contribution in [3.05, 3.63) is 52.1 Å². The molecule has 0 fully saturated rings. The number of rotatable bonds is 7. The average molecular weight is 372 g/mol. The van der Waals surface area contributed by atoms with Gasteiger partial charge in [0.2, 0.25) is 5.78 Å². The molecule has 0 saturated carbocycles. The van der Waals surface area contributed by atoms with Gasteiger partial charge in [0.1, 0.15) is 11.4 Å². The maximum Gasteiger partial charge on any atom is 0.293 e. The fraction of sp³-hybridized carbons (Fsp3) is 0.250. The van der Waals surface area contributed by atoms with Gasteiger partial charge in [-0.3, -0.25) is 19.7 Å². The fourth-order valence-corrected chi connectivity index (χ4v) is 2.59. The lowest BCUT2D eigenvalue weighted by Gasteiger charge is -2.11. The summed E-state index contributed by atoms with van der Waals surface area (Å²) in [6, 6.07) is 4.12. The lowest BCUT2D eigenvalue weighted by Crippen LogP contribution is -2.26. The highest BCUT2D eigenvalue weighted by Crippen LogP contribution is 2.27. The maximum atomic E-state index is 12.5. The summed E-state index contributed by atoms with van der Waals surface area (Å²) in [6.07, 6.45) is 2.83. The number of aromatic nitrogens is 2. The van der Waals surface area contributed by atoms with Gasteiger partial charge in [0, 0.05) is 37.5 Å². The fourth-order valence-electron chi connectivity index (χ4n) is 2.59. The van der Waals surface area contributed by atoms with Crippen molar-refractivity contribution < 1.29 is 19.3 Å². The molecule has 11 nitrogen and oxygen atoms in total. The molecular weight excluding hydrogens is 356 g/mol. The van der Waals surface area contributed by atoms with Crippen LogP contribution in [0.3, 0.4) is 0 Å². The van der Waals surface area contributed by atoms with Crippen LogP contribution in [-0.4, -0.2) is 44.5 Å². The highest BCUT2D eigenvalue weighted by molar-refractivity contribution is 6.38. The van der Waals surface area contributed by atoms with Gasteiger partial charge in [-0.05, 0) is 12.1 Å². The number of benzene rings is 1. The first-order chi connectivity index (χ1) is 12.9. The van der Waals surface area contributed by atoms with Gasteiger partial charge < -0.3 is 20.5 Å². The van der Waals surface area contributed by atoms with Crippen LogP contribution >= 0.6 is 0 Å². The van der Waals surface area contributed by atoms with Crippen molar-refractivity contribution in [2.75, 3.05) is 11.9 Å². The van der Waals surface area contributed by atoms with E-state index in [4.69, 9.17) is 10.6 Å². The second-order valence-electron chi connectivity index (χ2n) is 5.89. The van der Waals surface area contributed by atoms with E-state index in [1.165, 1.54) is 29.0 Å². The number of primary amides is 1. The number of hydrogen-bond acceptors (Lipinski definition) is 8. The number of hydrogen-bond donors (Lipinski definition) is 2. The Balaban J connectivity index is 1.75. The van der Waals surface area contributed by atoms with Gasteiger partial charge in [0.25, 0.3) is 11.6 Å². The zero-order valence-corrected chi connectivity index (χ0v) is 14.3. The molecule has 3 N–H and O–H groups in total. The van der Waals surface area contributed by atoms with Crippen molar-refractivity contribution in [2.45, 2.75) is 12.5 Å². The van der Waals surface area contributed by atoms with E-state index >= 15 is 0 Å². The monoisotopic (exact) mass is 372 g/mol. The summed E-state index contributed by atoms with van der Waals surface area (Å²) < 4.78 is 1.54. The number of ketones is 1. The number of nitrogens with one attached hydrogen (secondary N) is 1. The Morgan fingerprint density at radius 3 is 2.85 bits per heavy atom. The summed E-state index contributed by atoms with van der Waals surface area (Å²) in [5.74, 6) is -0.906. The molecule has 1 aliphatic rings. The number of nitrogens with two attached hydrogens (primary N) is 1. The van der Waals surface area contributed by atoms with E-state index in [0.29, 0.717) is 0 Å². The molecule has 0 bridgehead atoms. The molecule has 1 aromatic heterocycles. The lowest BCUT2D eigenvalue weighted by molar-refractivity contribution is -0.384. The molecule has 1 aromatic carbocycles. The SMILES string of the molecule is Cn1ccnc1C(=O)c1ccc(NC[C@@H]2CC(C(N)=O)=NO2)c([N+](=O)[O-])c1. The molecule has 3 rings (SSSR count). The second kappa shape index (κ2) is 7.23. The van der Waals surface area contributed by atoms with Crippen molar-refractivity contribution in [1.82, 2.24) is 9.55 Å². The molecule has 27 heavy (non-hydrogen) atoms. The minimum absolute atomic E-state index is 0.118. The Bertz CT molecular complexity index is 951. The summed E-state index contributed by atoms with van der Waals surface area (Å²) in [4.78, 5) is 43.4. The quantitative estimate of drug-likeness (QED) is 0.409. The van der Waals surface area contributed by atoms with Crippen LogP contribution in [0.1, 0.15) is 22.6 Å². The van der Waals surface area contributed by atoms with E-state index in [2.05, 4.69) is 15.5 Å². The average Bonchev–Trinajstić information content (AvgIpc) is 3.28. The van der Waals surface area contributed by atoms with E-state index in [9.17, 15) is 19.7 Å². The predicted octanol–water partition coefficient (Wildman–Crippen LogP) is 0.601. The molecule has 0 unspecified atom stereocenters. The molecule has 11 heteroatoms. The van der Waals surface area contributed by atoms with E-state index in [1.807, 2.05) is 0 Å². The van der Waals surface area contributed by atoms with Gasteiger partial charge >= 0.3 is 0 Å². The van der Waals surface area contributed by atoms with Gasteiger partial charge in [-0.1, -0.05) is 5.16 Å². The number of anilines is 1. The van der Waals surface area contributed by atoms with Crippen LogP contribution in [-0.2, 0) is 16.7 Å². The van der Waals surface area contributed by atoms with Crippen molar-refractivity contribution >= 4 is 28.8 Å². The van der Waals surface area contributed by atoms with Crippen molar-refractivity contribution in [2.24, 2.45) is 17.9 Å². The highest BCUT2D eigenvalue weighted by Gasteiger charge is 2.26.